The van der Waals surface area contributed by atoms with Gasteiger partial charge in [0.1, 0.15) is 11.6 Å². The van der Waals surface area contributed by atoms with Gasteiger partial charge in [0.05, 0.1) is 20.6 Å². The summed E-state index contributed by atoms with van der Waals surface area (Å²) in [6.45, 7) is 0. The van der Waals surface area contributed by atoms with E-state index in [0.717, 1.165) is 18.3 Å². The van der Waals surface area contributed by atoms with E-state index in [0.29, 0.717) is 0 Å². The van der Waals surface area contributed by atoms with Gasteiger partial charge in [-0.3, -0.25) is 5.32 Å². The number of nitrogens with zero attached hydrogens (tertiary/aromatic N) is 2. The molecule has 0 aliphatic rings. The van der Waals surface area contributed by atoms with E-state index in [2.05, 4.69) is 15.3 Å². The second kappa shape index (κ2) is 8.29. The standard InChI is InChI=1S/C15H15F3N4O5S/c1-26-10-6-11(20-12(7-10)27-2)21-14(23)22-28(24,25)13-9(4-3-5-19-13)8-15(16,17)18/h3-7H,8H2,1-2H3,(H2,20,21,22,23). The molecule has 0 saturated carbocycles. The third kappa shape index (κ3) is 5.70. The lowest BCUT2D eigenvalue weighted by Gasteiger charge is -2.13. The number of halogens is 3. The number of carbonyl (C=O) groups excluding carboxylic acids is 1. The zero-order valence-electron chi connectivity index (χ0n) is 14.6. The van der Waals surface area contributed by atoms with E-state index in [9.17, 15) is 26.4 Å². The molecule has 152 valence electrons. The number of amides is 2. The summed E-state index contributed by atoms with van der Waals surface area (Å²) < 4.78 is 74.1. The predicted molar refractivity (Wildman–Crippen MR) is 90.7 cm³/mol. The van der Waals surface area contributed by atoms with Crippen molar-refractivity contribution >= 4 is 21.9 Å². The van der Waals surface area contributed by atoms with Gasteiger partial charge in [0.25, 0.3) is 10.0 Å². The van der Waals surface area contributed by atoms with Crippen LogP contribution in [-0.4, -0.2) is 44.8 Å². The van der Waals surface area contributed by atoms with E-state index in [1.165, 1.54) is 26.4 Å². The summed E-state index contributed by atoms with van der Waals surface area (Å²) in [5, 5.41) is 1.23. The Morgan fingerprint density at radius 2 is 1.93 bits per heavy atom. The van der Waals surface area contributed by atoms with Crippen LogP contribution in [0.3, 0.4) is 0 Å². The number of hydrogen-bond donors (Lipinski definition) is 2. The Labute approximate surface area is 157 Å². The Morgan fingerprint density at radius 3 is 2.54 bits per heavy atom. The lowest BCUT2D eigenvalue weighted by Crippen LogP contribution is -2.35. The van der Waals surface area contributed by atoms with E-state index in [4.69, 9.17) is 9.47 Å². The summed E-state index contributed by atoms with van der Waals surface area (Å²) in [7, 11) is -2.01. The van der Waals surface area contributed by atoms with Crippen LogP contribution in [0, 0.1) is 0 Å². The molecule has 0 spiro atoms. The maximum atomic E-state index is 12.6. The molecule has 28 heavy (non-hydrogen) atoms. The fourth-order valence-corrected chi connectivity index (χ4v) is 3.17. The third-order valence-corrected chi connectivity index (χ3v) is 4.52. The van der Waals surface area contributed by atoms with Crippen LogP contribution in [-0.2, 0) is 16.4 Å². The van der Waals surface area contributed by atoms with Crippen LogP contribution in [0.4, 0.5) is 23.8 Å². The number of nitrogens with one attached hydrogen (secondary N) is 2. The monoisotopic (exact) mass is 420 g/mol. The molecule has 0 aliphatic heterocycles. The van der Waals surface area contributed by atoms with Crippen molar-refractivity contribution in [3.8, 4) is 11.6 Å². The molecular formula is C15H15F3N4O5S. The van der Waals surface area contributed by atoms with Gasteiger partial charge in [-0.2, -0.15) is 26.6 Å². The molecule has 2 amide bonds. The van der Waals surface area contributed by atoms with Crippen molar-refractivity contribution in [2.24, 2.45) is 0 Å². The van der Waals surface area contributed by atoms with Gasteiger partial charge in [-0.25, -0.2) is 14.5 Å². The Kier molecular flexibility index (Phi) is 6.28. The average Bonchev–Trinajstić information content (AvgIpc) is 2.59. The van der Waals surface area contributed by atoms with E-state index >= 15 is 0 Å². The molecule has 0 radical (unpaired) electrons. The minimum absolute atomic E-state index is 0.0784. The SMILES string of the molecule is COc1cc(NC(=O)NS(=O)(=O)c2ncccc2CC(F)(F)F)nc(OC)c1. The Morgan fingerprint density at radius 1 is 1.21 bits per heavy atom. The highest BCUT2D eigenvalue weighted by molar-refractivity contribution is 7.90. The summed E-state index contributed by atoms with van der Waals surface area (Å²) in [6, 6.07) is 3.56. The van der Waals surface area contributed by atoms with Gasteiger partial charge in [0, 0.05) is 23.9 Å². The number of aromatic nitrogens is 2. The smallest absolute Gasteiger partial charge is 0.393 e. The Bertz CT molecular complexity index is 944. The first-order valence-electron chi connectivity index (χ1n) is 7.48. The highest BCUT2D eigenvalue weighted by Gasteiger charge is 2.32. The molecule has 2 rings (SSSR count). The summed E-state index contributed by atoms with van der Waals surface area (Å²) >= 11 is 0. The molecule has 0 bridgehead atoms. The van der Waals surface area contributed by atoms with Crippen LogP contribution >= 0.6 is 0 Å². The van der Waals surface area contributed by atoms with Gasteiger partial charge in [0.15, 0.2) is 5.03 Å². The number of rotatable bonds is 6. The summed E-state index contributed by atoms with van der Waals surface area (Å²) in [5.41, 5.74) is -0.600. The lowest BCUT2D eigenvalue weighted by molar-refractivity contribution is -0.127. The molecule has 0 aliphatic carbocycles. The van der Waals surface area contributed by atoms with E-state index in [-0.39, 0.29) is 17.4 Å². The summed E-state index contributed by atoms with van der Waals surface area (Å²) in [6.07, 6.45) is -5.18. The Hall–Kier alpha value is -3.09. The number of anilines is 1. The second-order valence-electron chi connectivity index (χ2n) is 5.25. The van der Waals surface area contributed by atoms with Crippen LogP contribution < -0.4 is 19.5 Å². The molecular weight excluding hydrogens is 405 g/mol. The average molecular weight is 420 g/mol. The van der Waals surface area contributed by atoms with Crippen LogP contribution in [0.5, 0.6) is 11.6 Å². The minimum Gasteiger partial charge on any atom is -0.496 e. The van der Waals surface area contributed by atoms with Gasteiger partial charge in [0.2, 0.25) is 5.88 Å². The van der Waals surface area contributed by atoms with Gasteiger partial charge in [-0.15, -0.1) is 0 Å². The molecule has 2 aromatic heterocycles. The Balaban J connectivity index is 2.22. The van der Waals surface area contributed by atoms with Gasteiger partial charge < -0.3 is 9.47 Å². The minimum atomic E-state index is -4.68. The van der Waals surface area contributed by atoms with Crippen molar-refractivity contribution in [3.05, 3.63) is 36.0 Å². The van der Waals surface area contributed by atoms with Crippen LogP contribution in [0.2, 0.25) is 0 Å². The summed E-state index contributed by atoms with van der Waals surface area (Å²) in [5.74, 6) is 0.234. The number of urea groups is 1. The van der Waals surface area contributed by atoms with Crippen molar-refractivity contribution in [1.82, 2.24) is 14.7 Å². The maximum absolute atomic E-state index is 12.6. The normalized spacial score (nSPS) is 11.6. The summed E-state index contributed by atoms with van der Waals surface area (Å²) in [4.78, 5) is 19.4. The first-order valence-corrected chi connectivity index (χ1v) is 8.97. The van der Waals surface area contributed by atoms with Crippen LogP contribution in [0.1, 0.15) is 5.56 Å². The van der Waals surface area contributed by atoms with E-state index < -0.39 is 39.2 Å². The highest BCUT2D eigenvalue weighted by Crippen LogP contribution is 2.25. The van der Waals surface area contributed by atoms with Gasteiger partial charge in [-0.05, 0) is 6.07 Å². The molecule has 13 heteroatoms. The molecule has 2 heterocycles. The number of methoxy groups -OCH3 is 2. The third-order valence-electron chi connectivity index (χ3n) is 3.18. The van der Waals surface area contributed by atoms with Crippen molar-refractivity contribution in [2.75, 3.05) is 19.5 Å². The lowest BCUT2D eigenvalue weighted by atomic mass is 10.2. The molecule has 0 unspecified atom stereocenters. The van der Waals surface area contributed by atoms with Crippen molar-refractivity contribution < 1.29 is 35.9 Å². The number of alkyl halides is 3. The molecule has 0 fully saturated rings. The molecule has 2 N–H and O–H groups in total. The number of carbonyl (C=O) groups is 1. The fourth-order valence-electron chi connectivity index (χ4n) is 2.10. The van der Waals surface area contributed by atoms with Crippen LogP contribution in [0.15, 0.2) is 35.5 Å². The first kappa shape index (κ1) is 21.2. The van der Waals surface area contributed by atoms with Crippen molar-refractivity contribution in [1.29, 1.82) is 0 Å². The van der Waals surface area contributed by atoms with Crippen LogP contribution in [0.25, 0.3) is 0 Å². The number of pyridine rings is 2. The topological polar surface area (TPSA) is 120 Å². The van der Waals surface area contributed by atoms with Gasteiger partial charge >= 0.3 is 12.2 Å². The van der Waals surface area contributed by atoms with Crippen molar-refractivity contribution in [3.63, 3.8) is 0 Å². The van der Waals surface area contributed by atoms with Crippen molar-refractivity contribution in [2.45, 2.75) is 17.6 Å². The quantitative estimate of drug-likeness (QED) is 0.734. The first-order chi connectivity index (χ1) is 13.0. The number of hydrogen-bond acceptors (Lipinski definition) is 7. The molecule has 0 aromatic carbocycles. The molecule has 2 aromatic rings. The van der Waals surface area contributed by atoms with E-state index in [1.807, 2.05) is 0 Å². The number of ether oxygens (including phenoxy) is 2. The zero-order chi connectivity index (χ0) is 20.9. The molecule has 9 nitrogen and oxygen atoms in total. The van der Waals surface area contributed by atoms with E-state index in [1.54, 1.807) is 4.72 Å². The largest absolute Gasteiger partial charge is 0.496 e. The molecule has 0 atom stereocenters. The second-order valence-corrected chi connectivity index (χ2v) is 6.85. The maximum Gasteiger partial charge on any atom is 0.393 e. The zero-order valence-corrected chi connectivity index (χ0v) is 15.4. The van der Waals surface area contributed by atoms with Gasteiger partial charge in [-0.1, -0.05) is 6.07 Å². The fraction of sp³-hybridized carbons (Fsp3) is 0.267. The highest BCUT2D eigenvalue weighted by atomic mass is 32.2. The molecule has 0 saturated heterocycles. The predicted octanol–water partition coefficient (Wildman–Crippen LogP) is 2.11. The number of sulfonamides is 1.